The molecule has 1 unspecified atom stereocenters. The molecule has 0 aliphatic heterocycles. The van der Waals surface area contributed by atoms with E-state index in [1.54, 1.807) is 0 Å². The van der Waals surface area contributed by atoms with Crippen LogP contribution < -0.4 is 5.73 Å². The van der Waals surface area contributed by atoms with Gasteiger partial charge in [-0.1, -0.05) is 25.3 Å². The second kappa shape index (κ2) is 5.44. The average Bonchev–Trinajstić information content (AvgIpc) is 2.33. The van der Waals surface area contributed by atoms with Crippen molar-refractivity contribution in [3.63, 3.8) is 0 Å². The molecule has 88 valence electrons. The predicted octanol–water partition coefficient (Wildman–Crippen LogP) is 2.84. The summed E-state index contributed by atoms with van der Waals surface area (Å²) in [7, 11) is 0. The highest BCUT2D eigenvalue weighted by molar-refractivity contribution is 5.13. The minimum Gasteiger partial charge on any atom is -0.327 e. The van der Waals surface area contributed by atoms with Gasteiger partial charge in [-0.15, -0.1) is 0 Å². The first-order valence-electron chi connectivity index (χ1n) is 6.43. The first-order chi connectivity index (χ1) is 7.75. The fraction of sp³-hybridized carbons (Fsp3) is 0.643. The fourth-order valence-corrected chi connectivity index (χ4v) is 2.59. The van der Waals surface area contributed by atoms with Crippen molar-refractivity contribution < 1.29 is 0 Å². The third-order valence-corrected chi connectivity index (χ3v) is 3.67. The Kier molecular flexibility index (Phi) is 3.94. The van der Waals surface area contributed by atoms with Crippen LogP contribution in [0, 0.1) is 12.8 Å². The van der Waals surface area contributed by atoms with E-state index in [4.69, 9.17) is 5.73 Å². The molecule has 2 rings (SSSR count). The van der Waals surface area contributed by atoms with Gasteiger partial charge in [0.25, 0.3) is 0 Å². The predicted molar refractivity (Wildman–Crippen MR) is 67.2 cm³/mol. The zero-order valence-corrected chi connectivity index (χ0v) is 10.2. The molecule has 0 aromatic carbocycles. The highest BCUT2D eigenvalue weighted by Crippen LogP contribution is 2.26. The largest absolute Gasteiger partial charge is 0.327 e. The molecule has 0 radical (unpaired) electrons. The van der Waals surface area contributed by atoms with Crippen LogP contribution in [0.2, 0.25) is 0 Å². The third kappa shape index (κ3) is 3.05. The monoisotopic (exact) mass is 218 g/mol. The number of nitrogens with zero attached hydrogens (tertiary/aromatic N) is 1. The maximum atomic E-state index is 6.28. The SMILES string of the molecule is Cc1ccc(CC(N)C2CCCCC2)nc1. The minimum atomic E-state index is 0.301. The van der Waals surface area contributed by atoms with Crippen molar-refractivity contribution >= 4 is 0 Å². The summed E-state index contributed by atoms with van der Waals surface area (Å²) < 4.78 is 0. The van der Waals surface area contributed by atoms with Gasteiger partial charge in [0.2, 0.25) is 0 Å². The Bertz CT molecular complexity index is 312. The Morgan fingerprint density at radius 1 is 1.31 bits per heavy atom. The van der Waals surface area contributed by atoms with E-state index in [0.29, 0.717) is 6.04 Å². The first kappa shape index (κ1) is 11.6. The molecule has 1 aliphatic carbocycles. The van der Waals surface area contributed by atoms with Crippen LogP contribution in [0.3, 0.4) is 0 Å². The van der Waals surface area contributed by atoms with Crippen LogP contribution in [-0.2, 0) is 6.42 Å². The van der Waals surface area contributed by atoms with Crippen molar-refractivity contribution in [1.82, 2.24) is 4.98 Å². The molecule has 0 bridgehead atoms. The molecule has 0 saturated heterocycles. The second-order valence-corrected chi connectivity index (χ2v) is 5.09. The van der Waals surface area contributed by atoms with Gasteiger partial charge in [-0.3, -0.25) is 4.98 Å². The van der Waals surface area contributed by atoms with Crippen molar-refractivity contribution in [2.75, 3.05) is 0 Å². The number of aryl methyl sites for hydroxylation is 1. The van der Waals surface area contributed by atoms with Crippen LogP contribution in [0.4, 0.5) is 0 Å². The van der Waals surface area contributed by atoms with Crippen molar-refractivity contribution in [3.05, 3.63) is 29.6 Å². The third-order valence-electron chi connectivity index (χ3n) is 3.67. The van der Waals surface area contributed by atoms with Gasteiger partial charge in [0.15, 0.2) is 0 Å². The van der Waals surface area contributed by atoms with E-state index in [9.17, 15) is 0 Å². The standard InChI is InChI=1S/C14H22N2/c1-11-7-8-13(16-10-11)9-14(15)12-5-3-2-4-6-12/h7-8,10,12,14H,2-6,9,15H2,1H3. The smallest absolute Gasteiger partial charge is 0.0419 e. The molecule has 1 saturated carbocycles. The minimum absolute atomic E-state index is 0.301. The number of hydrogen-bond donors (Lipinski definition) is 1. The van der Waals surface area contributed by atoms with Gasteiger partial charge in [-0.05, 0) is 37.3 Å². The van der Waals surface area contributed by atoms with Gasteiger partial charge in [0, 0.05) is 24.4 Å². The lowest BCUT2D eigenvalue weighted by Gasteiger charge is -2.27. The van der Waals surface area contributed by atoms with Crippen LogP contribution in [0.1, 0.15) is 43.4 Å². The van der Waals surface area contributed by atoms with E-state index >= 15 is 0 Å². The molecule has 1 fully saturated rings. The van der Waals surface area contributed by atoms with Crippen molar-refractivity contribution in [1.29, 1.82) is 0 Å². The van der Waals surface area contributed by atoms with E-state index < -0.39 is 0 Å². The molecule has 0 amide bonds. The highest BCUT2D eigenvalue weighted by atomic mass is 14.7. The summed E-state index contributed by atoms with van der Waals surface area (Å²) in [4.78, 5) is 4.43. The number of pyridine rings is 1. The highest BCUT2D eigenvalue weighted by Gasteiger charge is 2.20. The Balaban J connectivity index is 1.90. The molecule has 16 heavy (non-hydrogen) atoms. The lowest BCUT2D eigenvalue weighted by atomic mass is 9.82. The van der Waals surface area contributed by atoms with Crippen molar-refractivity contribution in [2.45, 2.75) is 51.5 Å². The zero-order chi connectivity index (χ0) is 11.4. The number of aromatic nitrogens is 1. The van der Waals surface area contributed by atoms with Crippen LogP contribution in [0.5, 0.6) is 0 Å². The molecule has 2 nitrogen and oxygen atoms in total. The lowest BCUT2D eigenvalue weighted by Crippen LogP contribution is -2.33. The normalized spacial score (nSPS) is 19.6. The number of nitrogens with two attached hydrogens (primary N) is 1. The van der Waals surface area contributed by atoms with Crippen LogP contribution in [0.15, 0.2) is 18.3 Å². The van der Waals surface area contributed by atoms with Gasteiger partial charge < -0.3 is 5.73 Å². The topological polar surface area (TPSA) is 38.9 Å². The molecule has 2 heteroatoms. The molecule has 2 N–H and O–H groups in total. The van der Waals surface area contributed by atoms with E-state index in [0.717, 1.165) is 18.0 Å². The molecular weight excluding hydrogens is 196 g/mol. The van der Waals surface area contributed by atoms with Gasteiger partial charge in [0.1, 0.15) is 0 Å². The maximum Gasteiger partial charge on any atom is 0.0419 e. The molecule has 1 heterocycles. The van der Waals surface area contributed by atoms with E-state index in [2.05, 4.69) is 24.0 Å². The lowest BCUT2D eigenvalue weighted by molar-refractivity contribution is 0.302. The number of rotatable bonds is 3. The second-order valence-electron chi connectivity index (χ2n) is 5.09. The molecular formula is C14H22N2. The average molecular weight is 218 g/mol. The molecule has 1 atom stereocenters. The molecule has 1 aromatic rings. The summed E-state index contributed by atoms with van der Waals surface area (Å²) >= 11 is 0. The summed E-state index contributed by atoms with van der Waals surface area (Å²) in [5, 5.41) is 0. The quantitative estimate of drug-likeness (QED) is 0.847. The van der Waals surface area contributed by atoms with Crippen LogP contribution >= 0.6 is 0 Å². The van der Waals surface area contributed by atoms with Crippen molar-refractivity contribution in [3.8, 4) is 0 Å². The summed E-state index contributed by atoms with van der Waals surface area (Å²) in [6.07, 6.45) is 9.61. The maximum absolute atomic E-state index is 6.28. The summed E-state index contributed by atoms with van der Waals surface area (Å²) in [6.45, 7) is 2.07. The van der Waals surface area contributed by atoms with E-state index in [-0.39, 0.29) is 0 Å². The van der Waals surface area contributed by atoms with Gasteiger partial charge in [-0.2, -0.15) is 0 Å². The van der Waals surface area contributed by atoms with E-state index in [1.165, 1.54) is 37.7 Å². The number of hydrogen-bond acceptors (Lipinski definition) is 2. The van der Waals surface area contributed by atoms with Crippen LogP contribution in [0.25, 0.3) is 0 Å². The van der Waals surface area contributed by atoms with E-state index in [1.807, 2.05) is 6.20 Å². The summed E-state index contributed by atoms with van der Waals surface area (Å²) in [6, 6.07) is 4.53. The van der Waals surface area contributed by atoms with Crippen molar-refractivity contribution in [2.24, 2.45) is 11.7 Å². The molecule has 0 spiro atoms. The molecule has 1 aliphatic rings. The Labute approximate surface area is 98.3 Å². The molecule has 1 aromatic heterocycles. The van der Waals surface area contributed by atoms with Gasteiger partial charge >= 0.3 is 0 Å². The van der Waals surface area contributed by atoms with Gasteiger partial charge in [0.05, 0.1) is 0 Å². The fourth-order valence-electron chi connectivity index (χ4n) is 2.59. The summed E-state index contributed by atoms with van der Waals surface area (Å²) in [5.41, 5.74) is 8.64. The Hall–Kier alpha value is -0.890. The van der Waals surface area contributed by atoms with Crippen LogP contribution in [-0.4, -0.2) is 11.0 Å². The van der Waals surface area contributed by atoms with Gasteiger partial charge in [-0.25, -0.2) is 0 Å². The zero-order valence-electron chi connectivity index (χ0n) is 10.2. The Morgan fingerprint density at radius 3 is 2.69 bits per heavy atom. The Morgan fingerprint density at radius 2 is 2.06 bits per heavy atom. The first-order valence-corrected chi connectivity index (χ1v) is 6.43. The summed E-state index contributed by atoms with van der Waals surface area (Å²) in [5.74, 6) is 0.719.